The van der Waals surface area contributed by atoms with Crippen molar-refractivity contribution < 1.29 is 19.7 Å². The molecule has 2 N–H and O–H groups in total. The maximum Gasteiger partial charge on any atom is 0.303 e. The van der Waals surface area contributed by atoms with Crippen LogP contribution in [0.4, 0.5) is 0 Å². The Balaban J connectivity index is 1.41. The molecule has 6 heteroatoms. The summed E-state index contributed by atoms with van der Waals surface area (Å²) in [5, 5.41) is 21.1. The second-order valence-corrected chi connectivity index (χ2v) is 9.32. The summed E-state index contributed by atoms with van der Waals surface area (Å²) >= 11 is 0. The van der Waals surface area contributed by atoms with Gasteiger partial charge in [0.1, 0.15) is 5.75 Å². The SMILES string of the molecule is COc1ccc2nccc(C(O)CC[C@@H]3CCN(CC4CC4)C[C@@H]3CCC(=O)O)c2c1. The number of carbonyl (C=O) groups is 1. The van der Waals surface area contributed by atoms with Gasteiger partial charge in [-0.25, -0.2) is 0 Å². The van der Waals surface area contributed by atoms with E-state index in [1.807, 2.05) is 24.3 Å². The number of carboxylic acids is 1. The highest BCUT2D eigenvalue weighted by atomic mass is 16.5. The van der Waals surface area contributed by atoms with Crippen LogP contribution in [-0.2, 0) is 4.79 Å². The number of aliphatic hydroxyl groups is 1. The molecule has 1 unspecified atom stereocenters. The van der Waals surface area contributed by atoms with Crippen molar-refractivity contribution in [1.82, 2.24) is 9.88 Å². The van der Waals surface area contributed by atoms with E-state index in [1.165, 1.54) is 19.4 Å². The van der Waals surface area contributed by atoms with E-state index < -0.39 is 12.1 Å². The summed E-state index contributed by atoms with van der Waals surface area (Å²) in [6, 6.07) is 7.63. The van der Waals surface area contributed by atoms with Gasteiger partial charge >= 0.3 is 5.97 Å². The fourth-order valence-corrected chi connectivity index (χ4v) is 5.09. The summed E-state index contributed by atoms with van der Waals surface area (Å²) in [5.74, 6) is 1.76. The Labute approximate surface area is 184 Å². The normalized spacial score (nSPS) is 23.0. The largest absolute Gasteiger partial charge is 0.497 e. The molecule has 0 radical (unpaired) electrons. The van der Waals surface area contributed by atoms with Crippen LogP contribution in [0.2, 0.25) is 0 Å². The first-order chi connectivity index (χ1) is 15.0. The van der Waals surface area contributed by atoms with Gasteiger partial charge in [-0.05, 0) is 92.7 Å². The third-order valence-corrected chi connectivity index (χ3v) is 7.07. The van der Waals surface area contributed by atoms with Gasteiger partial charge in [0.2, 0.25) is 0 Å². The average molecular weight is 427 g/mol. The number of hydrogen-bond acceptors (Lipinski definition) is 5. The Hall–Kier alpha value is -2.18. The topological polar surface area (TPSA) is 82.9 Å². The molecule has 0 bridgehead atoms. The average Bonchev–Trinajstić information content (AvgIpc) is 3.59. The molecule has 1 saturated carbocycles. The number of rotatable bonds is 10. The number of nitrogens with zero attached hydrogens (tertiary/aromatic N) is 2. The molecule has 2 fully saturated rings. The van der Waals surface area contributed by atoms with Gasteiger partial charge in [-0.3, -0.25) is 9.78 Å². The lowest BCUT2D eigenvalue weighted by molar-refractivity contribution is -0.137. The predicted octanol–water partition coefficient (Wildman–Crippen LogP) is 4.27. The first-order valence-corrected chi connectivity index (χ1v) is 11.6. The van der Waals surface area contributed by atoms with Crippen molar-refractivity contribution in [1.29, 1.82) is 0 Å². The van der Waals surface area contributed by atoms with Crippen molar-refractivity contribution >= 4 is 16.9 Å². The van der Waals surface area contributed by atoms with Crippen LogP contribution in [0.5, 0.6) is 5.75 Å². The molecule has 0 spiro atoms. The molecule has 0 amide bonds. The minimum absolute atomic E-state index is 0.232. The number of fused-ring (bicyclic) bond motifs is 1. The van der Waals surface area contributed by atoms with Crippen LogP contribution in [0.25, 0.3) is 10.9 Å². The van der Waals surface area contributed by atoms with Gasteiger partial charge < -0.3 is 19.8 Å². The molecule has 4 rings (SSSR count). The van der Waals surface area contributed by atoms with Crippen molar-refractivity contribution in [3.63, 3.8) is 0 Å². The quantitative estimate of drug-likeness (QED) is 0.590. The third-order valence-electron chi connectivity index (χ3n) is 7.07. The maximum absolute atomic E-state index is 11.2. The monoisotopic (exact) mass is 426 g/mol. The van der Waals surface area contributed by atoms with Crippen LogP contribution in [-0.4, -0.2) is 52.8 Å². The minimum atomic E-state index is -0.713. The summed E-state index contributed by atoms with van der Waals surface area (Å²) < 4.78 is 5.35. The maximum atomic E-state index is 11.2. The van der Waals surface area contributed by atoms with Gasteiger partial charge in [0, 0.05) is 31.1 Å². The van der Waals surface area contributed by atoms with Gasteiger partial charge in [0.15, 0.2) is 0 Å². The third kappa shape index (κ3) is 5.74. The lowest BCUT2D eigenvalue weighted by Gasteiger charge is -2.39. The van der Waals surface area contributed by atoms with Crippen molar-refractivity contribution in [2.75, 3.05) is 26.7 Å². The number of piperidine rings is 1. The Morgan fingerprint density at radius 3 is 2.81 bits per heavy atom. The molecule has 1 aliphatic heterocycles. The van der Waals surface area contributed by atoms with Crippen LogP contribution < -0.4 is 4.74 Å². The van der Waals surface area contributed by atoms with Crippen LogP contribution in [0.15, 0.2) is 30.5 Å². The van der Waals surface area contributed by atoms with Crippen LogP contribution in [0, 0.1) is 17.8 Å². The van der Waals surface area contributed by atoms with Crippen LogP contribution in [0.1, 0.15) is 56.6 Å². The molecule has 2 aromatic rings. The number of aliphatic hydroxyl groups excluding tert-OH is 1. The fraction of sp³-hybridized carbons (Fsp3) is 0.600. The highest BCUT2D eigenvalue weighted by Crippen LogP contribution is 2.37. The molecular formula is C25H34N2O4. The summed E-state index contributed by atoms with van der Waals surface area (Å²) in [7, 11) is 1.64. The molecule has 3 atom stereocenters. The highest BCUT2D eigenvalue weighted by Gasteiger charge is 2.33. The van der Waals surface area contributed by atoms with E-state index in [0.717, 1.165) is 60.5 Å². The summed E-state index contributed by atoms with van der Waals surface area (Å²) in [6.07, 6.45) is 7.51. The lowest BCUT2D eigenvalue weighted by atomic mass is 9.79. The number of ether oxygens (including phenoxy) is 1. The second kappa shape index (κ2) is 9.96. The first-order valence-electron chi connectivity index (χ1n) is 11.6. The van der Waals surface area contributed by atoms with Crippen molar-refractivity contribution in [3.8, 4) is 5.75 Å². The zero-order valence-electron chi connectivity index (χ0n) is 18.4. The molecule has 2 aliphatic rings. The Morgan fingerprint density at radius 2 is 2.06 bits per heavy atom. The molecule has 1 aromatic heterocycles. The number of benzene rings is 1. The van der Waals surface area contributed by atoms with Gasteiger partial charge in [-0.15, -0.1) is 0 Å². The number of likely N-dealkylation sites (tertiary alicyclic amines) is 1. The molecular weight excluding hydrogens is 392 g/mol. The van der Waals surface area contributed by atoms with E-state index in [4.69, 9.17) is 4.74 Å². The van der Waals surface area contributed by atoms with Crippen molar-refractivity contribution in [3.05, 3.63) is 36.0 Å². The van der Waals surface area contributed by atoms with E-state index in [0.29, 0.717) is 18.3 Å². The number of aliphatic carboxylic acids is 1. The Morgan fingerprint density at radius 1 is 1.23 bits per heavy atom. The highest BCUT2D eigenvalue weighted by molar-refractivity contribution is 5.83. The first kappa shape index (κ1) is 22.0. The summed E-state index contributed by atoms with van der Waals surface area (Å²) in [5.41, 5.74) is 1.74. The smallest absolute Gasteiger partial charge is 0.303 e. The number of methoxy groups -OCH3 is 1. The van der Waals surface area contributed by atoms with Gasteiger partial charge in [0.05, 0.1) is 18.7 Å². The van der Waals surface area contributed by atoms with Gasteiger partial charge in [0.25, 0.3) is 0 Å². The number of aromatic nitrogens is 1. The Kier molecular flexibility index (Phi) is 7.08. The molecule has 1 aromatic carbocycles. The van der Waals surface area contributed by atoms with E-state index in [1.54, 1.807) is 13.3 Å². The minimum Gasteiger partial charge on any atom is -0.497 e. The molecule has 2 heterocycles. The van der Waals surface area contributed by atoms with Crippen molar-refractivity contribution in [2.45, 2.75) is 51.0 Å². The van der Waals surface area contributed by atoms with E-state index >= 15 is 0 Å². The fourth-order valence-electron chi connectivity index (χ4n) is 5.09. The summed E-state index contributed by atoms with van der Waals surface area (Å²) in [4.78, 5) is 18.1. The number of pyridine rings is 1. The second-order valence-electron chi connectivity index (χ2n) is 9.32. The molecule has 31 heavy (non-hydrogen) atoms. The molecule has 1 aliphatic carbocycles. The van der Waals surface area contributed by atoms with E-state index in [-0.39, 0.29) is 6.42 Å². The van der Waals surface area contributed by atoms with Gasteiger partial charge in [-0.1, -0.05) is 0 Å². The van der Waals surface area contributed by atoms with Crippen LogP contribution in [0.3, 0.4) is 0 Å². The predicted molar refractivity (Wildman–Crippen MR) is 120 cm³/mol. The lowest BCUT2D eigenvalue weighted by Crippen LogP contribution is -2.41. The zero-order valence-corrected chi connectivity index (χ0v) is 18.4. The standard InChI is InChI=1S/C25H34N2O4/c1-31-20-6-7-23-22(14-20)21(10-12-26-23)24(28)8-4-18-11-13-27(15-17-2-3-17)16-19(18)5-9-25(29)30/h6-7,10,12,14,17-19,24,28H,2-5,8-9,11,13,15-16H2,1H3,(H,29,30)/t18-,19+,24?/m1/s1. The molecule has 6 nitrogen and oxygen atoms in total. The number of hydrogen-bond donors (Lipinski definition) is 2. The summed E-state index contributed by atoms with van der Waals surface area (Å²) in [6.45, 7) is 3.26. The molecule has 168 valence electrons. The zero-order chi connectivity index (χ0) is 21.8. The van der Waals surface area contributed by atoms with E-state index in [2.05, 4.69) is 9.88 Å². The van der Waals surface area contributed by atoms with Crippen molar-refractivity contribution in [2.24, 2.45) is 17.8 Å². The number of carboxylic acid groups (broad SMARTS) is 1. The Bertz CT molecular complexity index is 898. The van der Waals surface area contributed by atoms with Crippen LogP contribution >= 0.6 is 0 Å². The van der Waals surface area contributed by atoms with E-state index in [9.17, 15) is 15.0 Å². The molecule has 1 saturated heterocycles. The van der Waals surface area contributed by atoms with Gasteiger partial charge in [-0.2, -0.15) is 0 Å².